The van der Waals surface area contributed by atoms with E-state index in [1.807, 2.05) is 45.2 Å². The van der Waals surface area contributed by atoms with Gasteiger partial charge in [0.15, 0.2) is 22.5 Å². The van der Waals surface area contributed by atoms with Crippen molar-refractivity contribution in [3.63, 3.8) is 0 Å². The van der Waals surface area contributed by atoms with Gasteiger partial charge in [0.25, 0.3) is 0 Å². The Morgan fingerprint density at radius 1 is 0.947 bits per heavy atom. The normalized spacial score (nSPS) is 42.0. The van der Waals surface area contributed by atoms with Gasteiger partial charge in [0.05, 0.1) is 0 Å². The first-order valence-corrected chi connectivity index (χ1v) is 8.16. The minimum Gasteiger partial charge on any atom is -0.324 e. The van der Waals surface area contributed by atoms with Gasteiger partial charge in [-0.2, -0.15) is 0 Å². The molecule has 0 aromatic rings. The molecule has 0 bridgehead atoms. The van der Waals surface area contributed by atoms with Crippen molar-refractivity contribution >= 4 is 68.4 Å². The van der Waals surface area contributed by atoms with Gasteiger partial charge < -0.3 is 4.74 Å². The fourth-order valence-electron chi connectivity index (χ4n) is 1.61. The molecule has 19 heavy (non-hydrogen) atoms. The lowest BCUT2D eigenvalue weighted by atomic mass is 10.1. The molecule has 104 valence electrons. The second kappa shape index (κ2) is 5.90. The summed E-state index contributed by atoms with van der Waals surface area (Å²) in [6.45, 7) is 0. The number of alkyl halides is 4. The molecule has 1 nitrogen and oxygen atoms in total. The maximum atomic E-state index is 14.0. The first-order valence-electron chi connectivity index (χ1n) is 5.24. The molecule has 4 atom stereocenters. The van der Waals surface area contributed by atoms with Gasteiger partial charge in [-0.05, 0) is 81.6 Å². The lowest BCUT2D eigenvalue weighted by molar-refractivity contribution is -0.0683. The lowest BCUT2D eigenvalue weighted by Crippen LogP contribution is -2.47. The standard InChI is InChI=1S/C12H8Cl2F2I2O/c13-11(3-1-7(17)5-9(11)15)19-12(14)4-2-8(18)6-10(12)16/h1-6,9-10H. The van der Waals surface area contributed by atoms with Crippen molar-refractivity contribution in [3.8, 4) is 0 Å². The van der Waals surface area contributed by atoms with Gasteiger partial charge in [-0.15, -0.1) is 0 Å². The molecule has 0 N–H and O–H groups in total. The third-order valence-corrected chi connectivity index (χ3v) is 4.88. The van der Waals surface area contributed by atoms with Gasteiger partial charge in [0.2, 0.25) is 0 Å². The Morgan fingerprint density at radius 3 is 1.63 bits per heavy atom. The van der Waals surface area contributed by atoms with Crippen LogP contribution in [0.3, 0.4) is 0 Å². The molecule has 0 radical (unpaired) electrons. The van der Waals surface area contributed by atoms with Crippen LogP contribution >= 0.6 is 68.4 Å². The Labute approximate surface area is 147 Å². The van der Waals surface area contributed by atoms with Crippen LogP contribution in [0.4, 0.5) is 8.78 Å². The highest BCUT2D eigenvalue weighted by Gasteiger charge is 2.48. The quantitative estimate of drug-likeness (QED) is 0.347. The number of ether oxygens (including phenoxy) is 1. The summed E-state index contributed by atoms with van der Waals surface area (Å²) in [5.74, 6) is 0. The van der Waals surface area contributed by atoms with Crippen LogP contribution in [0.2, 0.25) is 0 Å². The molecule has 0 fully saturated rings. The van der Waals surface area contributed by atoms with Crippen molar-refractivity contribution in [2.24, 2.45) is 0 Å². The SMILES string of the molecule is FC1C=C(I)C=CC1(Cl)OC1(Cl)C=CC(I)=CC1F. The predicted octanol–water partition coefficient (Wildman–Crippen LogP) is 5.33. The summed E-state index contributed by atoms with van der Waals surface area (Å²) < 4.78 is 34.7. The van der Waals surface area contributed by atoms with E-state index in [-0.39, 0.29) is 0 Å². The van der Waals surface area contributed by atoms with Crippen LogP contribution < -0.4 is 0 Å². The molecule has 0 heterocycles. The van der Waals surface area contributed by atoms with Crippen LogP contribution in [-0.4, -0.2) is 22.5 Å². The van der Waals surface area contributed by atoms with Gasteiger partial charge >= 0.3 is 0 Å². The fourth-order valence-corrected chi connectivity index (χ4v) is 3.15. The topological polar surface area (TPSA) is 9.23 Å². The van der Waals surface area contributed by atoms with Crippen LogP contribution in [0.25, 0.3) is 0 Å². The average molecular weight is 531 g/mol. The van der Waals surface area contributed by atoms with Crippen molar-refractivity contribution < 1.29 is 13.5 Å². The minimum atomic E-state index is -1.80. The first-order chi connectivity index (χ1) is 8.75. The zero-order valence-electron chi connectivity index (χ0n) is 9.29. The number of halogens is 6. The van der Waals surface area contributed by atoms with E-state index in [1.165, 1.54) is 24.3 Å². The molecular formula is C12H8Cl2F2I2O. The van der Waals surface area contributed by atoms with E-state index >= 15 is 0 Å². The van der Waals surface area contributed by atoms with Gasteiger partial charge in [0.1, 0.15) is 0 Å². The van der Waals surface area contributed by atoms with Crippen LogP contribution in [-0.2, 0) is 4.74 Å². The van der Waals surface area contributed by atoms with Crippen molar-refractivity contribution in [3.05, 3.63) is 43.6 Å². The van der Waals surface area contributed by atoms with Gasteiger partial charge in [-0.3, -0.25) is 0 Å². The van der Waals surface area contributed by atoms with Crippen molar-refractivity contribution in [2.75, 3.05) is 0 Å². The van der Waals surface area contributed by atoms with Crippen LogP contribution in [0, 0.1) is 0 Å². The minimum absolute atomic E-state index is 0.694. The molecule has 0 saturated heterocycles. The van der Waals surface area contributed by atoms with E-state index in [0.717, 1.165) is 0 Å². The van der Waals surface area contributed by atoms with E-state index in [9.17, 15) is 8.78 Å². The van der Waals surface area contributed by atoms with Crippen molar-refractivity contribution in [1.82, 2.24) is 0 Å². The average Bonchev–Trinajstić information content (AvgIpc) is 2.31. The maximum Gasteiger partial charge on any atom is 0.198 e. The zero-order valence-corrected chi connectivity index (χ0v) is 15.1. The Kier molecular flexibility index (Phi) is 5.03. The van der Waals surface area contributed by atoms with Crippen LogP contribution in [0.5, 0.6) is 0 Å². The monoisotopic (exact) mass is 530 g/mol. The summed E-state index contributed by atoms with van der Waals surface area (Å²) in [5, 5.41) is -3.61. The van der Waals surface area contributed by atoms with Gasteiger partial charge in [-0.1, -0.05) is 23.2 Å². The summed E-state index contributed by atoms with van der Waals surface area (Å²) in [7, 11) is 0. The second-order valence-electron chi connectivity index (χ2n) is 4.07. The Balaban J connectivity index is 2.22. The smallest absolute Gasteiger partial charge is 0.198 e. The number of hydrogen-bond acceptors (Lipinski definition) is 1. The van der Waals surface area contributed by atoms with Crippen molar-refractivity contribution in [1.29, 1.82) is 0 Å². The Hall–Kier alpha value is 0.820. The fraction of sp³-hybridized carbons (Fsp3) is 0.333. The molecule has 0 aliphatic heterocycles. The second-order valence-corrected chi connectivity index (χ2v) is 7.74. The molecule has 0 aromatic carbocycles. The molecule has 0 amide bonds. The summed E-state index contributed by atoms with van der Waals surface area (Å²) in [5.41, 5.74) is 0. The Morgan fingerprint density at radius 2 is 1.32 bits per heavy atom. The highest BCUT2D eigenvalue weighted by atomic mass is 127. The molecule has 2 aliphatic rings. The largest absolute Gasteiger partial charge is 0.324 e. The highest BCUT2D eigenvalue weighted by Crippen LogP contribution is 2.42. The highest BCUT2D eigenvalue weighted by molar-refractivity contribution is 14.1. The molecule has 4 unspecified atom stereocenters. The van der Waals surface area contributed by atoms with Crippen LogP contribution in [0.1, 0.15) is 0 Å². The van der Waals surface area contributed by atoms with Gasteiger partial charge in [-0.25, -0.2) is 8.78 Å². The summed E-state index contributed by atoms with van der Waals surface area (Å²) in [6.07, 6.45) is 5.27. The maximum absolute atomic E-state index is 14.0. The molecule has 2 rings (SSSR count). The summed E-state index contributed by atoms with van der Waals surface area (Å²) in [6, 6.07) is 0. The lowest BCUT2D eigenvalue weighted by Gasteiger charge is -2.37. The number of allylic oxidation sites excluding steroid dienone is 4. The summed E-state index contributed by atoms with van der Waals surface area (Å²) >= 11 is 16.1. The molecule has 0 aromatic heterocycles. The first kappa shape index (κ1) is 16.2. The predicted molar refractivity (Wildman–Crippen MR) is 90.5 cm³/mol. The molecular weight excluding hydrogens is 523 g/mol. The van der Waals surface area contributed by atoms with E-state index in [2.05, 4.69) is 0 Å². The molecule has 0 spiro atoms. The van der Waals surface area contributed by atoms with E-state index in [0.29, 0.717) is 7.16 Å². The number of rotatable bonds is 2. The van der Waals surface area contributed by atoms with E-state index in [1.54, 1.807) is 12.2 Å². The summed E-state index contributed by atoms with van der Waals surface area (Å²) in [4.78, 5) is 0. The molecule has 2 aliphatic carbocycles. The van der Waals surface area contributed by atoms with Gasteiger partial charge in [0, 0.05) is 7.16 Å². The van der Waals surface area contributed by atoms with E-state index in [4.69, 9.17) is 27.9 Å². The third kappa shape index (κ3) is 3.53. The molecule has 7 heteroatoms. The number of hydrogen-bond donors (Lipinski definition) is 0. The third-order valence-electron chi connectivity index (χ3n) is 2.62. The Bertz CT molecular complexity index is 462. The van der Waals surface area contributed by atoms with Crippen LogP contribution in [0.15, 0.2) is 43.6 Å². The van der Waals surface area contributed by atoms with E-state index < -0.39 is 22.5 Å². The zero-order chi connectivity index (χ0) is 14.3. The van der Waals surface area contributed by atoms with Crippen molar-refractivity contribution in [2.45, 2.75) is 22.5 Å². The molecule has 0 saturated carbocycles.